The van der Waals surface area contributed by atoms with E-state index < -0.39 is 0 Å². The molecule has 0 saturated heterocycles. The van der Waals surface area contributed by atoms with E-state index in [4.69, 9.17) is 4.74 Å². The van der Waals surface area contributed by atoms with Gasteiger partial charge in [0.1, 0.15) is 5.75 Å². The van der Waals surface area contributed by atoms with Gasteiger partial charge in [0.15, 0.2) is 0 Å². The van der Waals surface area contributed by atoms with Crippen molar-refractivity contribution in [3.63, 3.8) is 0 Å². The summed E-state index contributed by atoms with van der Waals surface area (Å²) in [6.07, 6.45) is 4.48. The average Bonchev–Trinajstić information content (AvgIpc) is 3.16. The predicted octanol–water partition coefficient (Wildman–Crippen LogP) is 4.40. The van der Waals surface area contributed by atoms with E-state index in [9.17, 15) is 9.59 Å². The number of carbonyl (C=O) groups is 2. The van der Waals surface area contributed by atoms with Crippen LogP contribution in [-0.2, 0) is 0 Å². The summed E-state index contributed by atoms with van der Waals surface area (Å²) in [6.45, 7) is 3.93. The largest absolute Gasteiger partial charge is 0.491 e. The summed E-state index contributed by atoms with van der Waals surface area (Å²) >= 11 is 0. The van der Waals surface area contributed by atoms with E-state index >= 15 is 0 Å². The minimum atomic E-state index is -0.247. The van der Waals surface area contributed by atoms with Crippen LogP contribution in [0.4, 0.5) is 5.69 Å². The predicted molar refractivity (Wildman–Crippen MR) is 106 cm³/mol. The number of amides is 2. The molecule has 1 saturated carbocycles. The summed E-state index contributed by atoms with van der Waals surface area (Å²) in [4.78, 5) is 24.9. The first-order valence-corrected chi connectivity index (χ1v) is 9.50. The first-order valence-electron chi connectivity index (χ1n) is 9.50. The highest BCUT2D eigenvalue weighted by Gasteiger charge is 2.18. The van der Waals surface area contributed by atoms with Crippen molar-refractivity contribution < 1.29 is 14.3 Å². The van der Waals surface area contributed by atoms with Gasteiger partial charge in [-0.15, -0.1) is 0 Å². The minimum absolute atomic E-state index is 0.101. The van der Waals surface area contributed by atoms with Gasteiger partial charge in [0.05, 0.1) is 6.10 Å². The van der Waals surface area contributed by atoms with Crippen molar-refractivity contribution in [3.8, 4) is 5.75 Å². The van der Waals surface area contributed by atoms with Crippen LogP contribution >= 0.6 is 0 Å². The lowest BCUT2D eigenvalue weighted by Crippen LogP contribution is -2.32. The van der Waals surface area contributed by atoms with Gasteiger partial charge in [-0.25, -0.2) is 0 Å². The van der Waals surface area contributed by atoms with Crippen LogP contribution in [0.2, 0.25) is 0 Å². The summed E-state index contributed by atoms with van der Waals surface area (Å²) in [5.74, 6) is 0.392. The Balaban J connectivity index is 1.63. The second-order valence-corrected chi connectivity index (χ2v) is 7.18. The van der Waals surface area contributed by atoms with Gasteiger partial charge in [-0.3, -0.25) is 9.59 Å². The number of carbonyl (C=O) groups excluding carboxylic acids is 2. The van der Waals surface area contributed by atoms with E-state index in [0.717, 1.165) is 31.4 Å². The van der Waals surface area contributed by atoms with E-state index in [1.165, 1.54) is 0 Å². The molecule has 0 radical (unpaired) electrons. The standard InChI is InChI=1S/C22H26N2O3/c1-15(2)27-20-12-10-19(11-13-20)24-22(26)17-7-5-6-16(14-17)21(25)23-18-8-3-4-9-18/h5-7,10-15,18H,3-4,8-9H2,1-2H3,(H,23,25)(H,24,26). The number of hydrogen-bond acceptors (Lipinski definition) is 3. The molecule has 142 valence electrons. The molecule has 0 unspecified atom stereocenters. The molecule has 0 spiro atoms. The Hall–Kier alpha value is -2.82. The number of hydrogen-bond donors (Lipinski definition) is 2. The molecule has 1 aliphatic carbocycles. The number of nitrogens with one attached hydrogen (secondary N) is 2. The molecule has 2 aromatic rings. The van der Waals surface area contributed by atoms with E-state index in [1.54, 1.807) is 36.4 Å². The van der Waals surface area contributed by atoms with E-state index in [2.05, 4.69) is 10.6 Å². The van der Waals surface area contributed by atoms with Crippen LogP contribution in [0.5, 0.6) is 5.75 Å². The molecule has 0 aliphatic heterocycles. The molecule has 0 bridgehead atoms. The van der Waals surface area contributed by atoms with Gasteiger partial charge in [0.2, 0.25) is 0 Å². The lowest BCUT2D eigenvalue weighted by molar-refractivity contribution is 0.0938. The Morgan fingerprint density at radius 3 is 2.22 bits per heavy atom. The Morgan fingerprint density at radius 1 is 0.963 bits per heavy atom. The third kappa shape index (κ3) is 5.33. The highest BCUT2D eigenvalue weighted by molar-refractivity contribution is 6.06. The van der Waals surface area contributed by atoms with Crippen molar-refractivity contribution in [3.05, 3.63) is 59.7 Å². The zero-order valence-electron chi connectivity index (χ0n) is 15.8. The van der Waals surface area contributed by atoms with Gasteiger partial charge >= 0.3 is 0 Å². The van der Waals surface area contributed by atoms with Crippen molar-refractivity contribution in [2.24, 2.45) is 0 Å². The Bertz CT molecular complexity index is 793. The Morgan fingerprint density at radius 2 is 1.59 bits per heavy atom. The lowest BCUT2D eigenvalue weighted by Gasteiger charge is -2.13. The SMILES string of the molecule is CC(C)Oc1ccc(NC(=O)c2cccc(C(=O)NC3CCCC3)c2)cc1. The van der Waals surface area contributed by atoms with Crippen LogP contribution in [0.1, 0.15) is 60.2 Å². The van der Waals surface area contributed by atoms with E-state index in [-0.39, 0.29) is 24.0 Å². The first kappa shape index (κ1) is 19.0. The molecule has 0 heterocycles. The van der Waals surface area contributed by atoms with E-state index in [0.29, 0.717) is 16.8 Å². The quantitative estimate of drug-likeness (QED) is 0.796. The molecule has 2 aromatic carbocycles. The number of rotatable bonds is 6. The van der Waals surface area contributed by atoms with Crippen molar-refractivity contribution in [2.75, 3.05) is 5.32 Å². The molecular weight excluding hydrogens is 340 g/mol. The summed E-state index contributed by atoms with van der Waals surface area (Å²) in [5, 5.41) is 5.90. The maximum Gasteiger partial charge on any atom is 0.255 e. The summed E-state index contributed by atoms with van der Waals surface area (Å²) < 4.78 is 5.60. The summed E-state index contributed by atoms with van der Waals surface area (Å²) in [6, 6.07) is 14.3. The van der Waals surface area contributed by atoms with Gasteiger partial charge in [0.25, 0.3) is 11.8 Å². The summed E-state index contributed by atoms with van der Waals surface area (Å²) in [7, 11) is 0. The van der Waals surface area contributed by atoms with Crippen molar-refractivity contribution in [2.45, 2.75) is 51.7 Å². The molecule has 0 aromatic heterocycles. The smallest absolute Gasteiger partial charge is 0.255 e. The van der Waals surface area contributed by atoms with Crippen molar-refractivity contribution in [1.29, 1.82) is 0 Å². The Kier molecular flexibility index (Phi) is 6.12. The van der Waals surface area contributed by atoms with Crippen molar-refractivity contribution >= 4 is 17.5 Å². The molecule has 5 heteroatoms. The Labute approximate surface area is 160 Å². The number of anilines is 1. The average molecular weight is 366 g/mol. The fourth-order valence-electron chi connectivity index (χ4n) is 3.23. The van der Waals surface area contributed by atoms with Crippen LogP contribution in [-0.4, -0.2) is 24.0 Å². The van der Waals surface area contributed by atoms with Crippen LogP contribution in [0.15, 0.2) is 48.5 Å². The molecule has 27 heavy (non-hydrogen) atoms. The third-order valence-corrected chi connectivity index (χ3v) is 4.56. The fourth-order valence-corrected chi connectivity index (χ4v) is 3.23. The molecule has 1 aliphatic rings. The van der Waals surface area contributed by atoms with Crippen molar-refractivity contribution in [1.82, 2.24) is 5.32 Å². The maximum atomic E-state index is 12.5. The van der Waals surface area contributed by atoms with Gasteiger partial charge in [-0.2, -0.15) is 0 Å². The molecule has 1 fully saturated rings. The molecule has 2 amide bonds. The third-order valence-electron chi connectivity index (χ3n) is 4.56. The molecule has 5 nitrogen and oxygen atoms in total. The topological polar surface area (TPSA) is 67.4 Å². The second kappa shape index (κ2) is 8.71. The number of ether oxygens (including phenoxy) is 1. The number of benzene rings is 2. The fraction of sp³-hybridized carbons (Fsp3) is 0.364. The van der Waals surface area contributed by atoms with Gasteiger partial charge < -0.3 is 15.4 Å². The van der Waals surface area contributed by atoms with Crippen LogP contribution in [0, 0.1) is 0 Å². The summed E-state index contributed by atoms with van der Waals surface area (Å²) in [5.41, 5.74) is 1.64. The highest BCUT2D eigenvalue weighted by atomic mass is 16.5. The van der Waals surface area contributed by atoms with Crippen LogP contribution < -0.4 is 15.4 Å². The maximum absolute atomic E-state index is 12.5. The molecule has 0 atom stereocenters. The molecular formula is C22H26N2O3. The van der Waals surface area contributed by atoms with Gasteiger partial charge in [-0.05, 0) is 69.2 Å². The highest BCUT2D eigenvalue weighted by Crippen LogP contribution is 2.19. The molecule has 3 rings (SSSR count). The normalized spacial score (nSPS) is 14.2. The molecule has 2 N–H and O–H groups in total. The zero-order chi connectivity index (χ0) is 19.2. The van der Waals surface area contributed by atoms with E-state index in [1.807, 2.05) is 26.0 Å². The minimum Gasteiger partial charge on any atom is -0.491 e. The van der Waals surface area contributed by atoms with Gasteiger partial charge in [0, 0.05) is 22.9 Å². The first-order chi connectivity index (χ1) is 13.0. The van der Waals surface area contributed by atoms with Gasteiger partial charge in [-0.1, -0.05) is 18.9 Å². The second-order valence-electron chi connectivity index (χ2n) is 7.18. The van der Waals surface area contributed by atoms with Crippen LogP contribution in [0.3, 0.4) is 0 Å². The van der Waals surface area contributed by atoms with Crippen LogP contribution in [0.25, 0.3) is 0 Å². The monoisotopic (exact) mass is 366 g/mol. The zero-order valence-corrected chi connectivity index (χ0v) is 15.8. The lowest BCUT2D eigenvalue weighted by atomic mass is 10.1.